The molecule has 6 nitrogen and oxygen atoms in total. The molecule has 0 radical (unpaired) electrons. The Kier molecular flexibility index (Phi) is 9.51. The van der Waals surface area contributed by atoms with Crippen LogP contribution >= 0.6 is 0 Å². The standard InChI is InChI=1S/C22H26N4O2S/c1-2-3-4-5-6-7-8-9-10-11-12-13-17-20-29(27,28)22-23-24-25-26(22)21-18-15-14-16-19-21/h2-4,7-12,14-16,18-19H,1,5-6,13,17,20H2/b4-3+,8-7+,10-9+,12-11+. The van der Waals surface area contributed by atoms with Gasteiger partial charge in [-0.15, -0.1) is 0 Å². The third-order valence-electron chi connectivity index (χ3n) is 3.88. The highest BCUT2D eigenvalue weighted by molar-refractivity contribution is 7.91. The second-order valence-corrected chi connectivity index (χ2v) is 8.16. The number of rotatable bonds is 12. The summed E-state index contributed by atoms with van der Waals surface area (Å²) in [4.78, 5) is 0. The first-order chi connectivity index (χ1) is 14.1. The molecule has 0 aliphatic rings. The van der Waals surface area contributed by atoms with Crippen molar-refractivity contribution in [3.8, 4) is 5.69 Å². The third kappa shape index (κ3) is 7.83. The number of para-hydroxylation sites is 1. The van der Waals surface area contributed by atoms with Crippen LogP contribution in [0, 0.1) is 0 Å². The van der Waals surface area contributed by atoms with Gasteiger partial charge in [0, 0.05) is 0 Å². The number of aromatic nitrogens is 4. The van der Waals surface area contributed by atoms with Crippen molar-refractivity contribution in [1.29, 1.82) is 0 Å². The fourth-order valence-corrected chi connectivity index (χ4v) is 3.74. The van der Waals surface area contributed by atoms with Gasteiger partial charge in [0.15, 0.2) is 0 Å². The Bertz CT molecular complexity index is 971. The minimum absolute atomic E-state index is 0.00755. The van der Waals surface area contributed by atoms with E-state index in [1.54, 1.807) is 30.3 Å². The van der Waals surface area contributed by atoms with Crippen molar-refractivity contribution in [1.82, 2.24) is 20.2 Å². The van der Waals surface area contributed by atoms with Crippen LogP contribution in [-0.2, 0) is 9.84 Å². The third-order valence-corrected chi connectivity index (χ3v) is 5.52. The van der Waals surface area contributed by atoms with E-state index in [2.05, 4.69) is 34.3 Å². The number of hydrogen-bond donors (Lipinski definition) is 0. The van der Waals surface area contributed by atoms with Crippen molar-refractivity contribution < 1.29 is 8.42 Å². The average molecular weight is 411 g/mol. The van der Waals surface area contributed by atoms with Crippen LogP contribution in [0.25, 0.3) is 5.69 Å². The van der Waals surface area contributed by atoms with Gasteiger partial charge < -0.3 is 0 Å². The Morgan fingerprint density at radius 3 is 2.24 bits per heavy atom. The van der Waals surface area contributed by atoms with Crippen LogP contribution in [0.4, 0.5) is 0 Å². The van der Waals surface area contributed by atoms with E-state index in [-0.39, 0.29) is 10.9 Å². The SMILES string of the molecule is C=C/C=C/CC/C=C/C=C/C=C/CCCS(=O)(=O)c1nnnn1-c1ccccc1. The van der Waals surface area contributed by atoms with E-state index in [0.29, 0.717) is 18.5 Å². The predicted molar refractivity (Wildman–Crippen MR) is 116 cm³/mol. The highest BCUT2D eigenvalue weighted by Crippen LogP contribution is 2.14. The zero-order valence-electron chi connectivity index (χ0n) is 16.3. The minimum atomic E-state index is -3.56. The predicted octanol–water partition coefficient (Wildman–Crippen LogP) is 4.41. The lowest BCUT2D eigenvalue weighted by Gasteiger charge is -2.04. The molecule has 1 heterocycles. The number of hydrogen-bond acceptors (Lipinski definition) is 5. The minimum Gasteiger partial charge on any atom is -0.220 e. The molecule has 2 rings (SSSR count). The Labute approximate surface area is 172 Å². The van der Waals surface area contributed by atoms with Crippen molar-refractivity contribution in [3.05, 3.63) is 91.6 Å². The van der Waals surface area contributed by atoms with Crippen LogP contribution in [-0.4, -0.2) is 34.4 Å². The first-order valence-electron chi connectivity index (χ1n) is 9.47. The zero-order chi connectivity index (χ0) is 20.8. The van der Waals surface area contributed by atoms with Crippen LogP contribution in [0.3, 0.4) is 0 Å². The van der Waals surface area contributed by atoms with Gasteiger partial charge >= 0.3 is 0 Å². The lowest BCUT2D eigenvalue weighted by molar-refractivity contribution is 0.578. The number of unbranched alkanes of at least 4 members (excludes halogenated alkanes) is 2. The number of sulfone groups is 1. The quantitative estimate of drug-likeness (QED) is 0.383. The van der Waals surface area contributed by atoms with Gasteiger partial charge in [0.2, 0.25) is 9.84 Å². The highest BCUT2D eigenvalue weighted by Gasteiger charge is 2.23. The summed E-state index contributed by atoms with van der Waals surface area (Å²) < 4.78 is 26.4. The van der Waals surface area contributed by atoms with Crippen molar-refractivity contribution in [2.45, 2.75) is 30.8 Å². The number of tetrazole rings is 1. The molecule has 0 aliphatic heterocycles. The maximum atomic E-state index is 12.6. The number of nitrogens with zero attached hydrogens (tertiary/aromatic N) is 4. The number of allylic oxidation sites excluding steroid dienone is 9. The van der Waals surface area contributed by atoms with Crippen molar-refractivity contribution in [3.63, 3.8) is 0 Å². The molecule has 0 fully saturated rings. The van der Waals surface area contributed by atoms with Gasteiger partial charge in [-0.1, -0.05) is 84.6 Å². The molecule has 29 heavy (non-hydrogen) atoms. The lowest BCUT2D eigenvalue weighted by atomic mass is 10.2. The van der Waals surface area contributed by atoms with Gasteiger partial charge in [-0.3, -0.25) is 0 Å². The molecule has 0 saturated heterocycles. The molecule has 0 atom stereocenters. The Morgan fingerprint density at radius 2 is 1.55 bits per heavy atom. The first kappa shape index (κ1) is 22.2. The van der Waals surface area contributed by atoms with Crippen LogP contribution in [0.2, 0.25) is 0 Å². The second kappa shape index (κ2) is 12.4. The average Bonchev–Trinajstić information content (AvgIpc) is 3.23. The smallest absolute Gasteiger partial charge is 0.220 e. The molecule has 0 unspecified atom stereocenters. The molecule has 2 aromatic rings. The topological polar surface area (TPSA) is 77.7 Å². The van der Waals surface area contributed by atoms with E-state index in [4.69, 9.17) is 0 Å². The molecule has 0 spiro atoms. The fourth-order valence-electron chi connectivity index (χ4n) is 2.45. The summed E-state index contributed by atoms with van der Waals surface area (Å²) >= 11 is 0. The molecule has 7 heteroatoms. The van der Waals surface area contributed by atoms with Crippen molar-refractivity contribution in [2.24, 2.45) is 0 Å². The molecule has 0 aliphatic carbocycles. The van der Waals surface area contributed by atoms with Crippen molar-refractivity contribution >= 4 is 9.84 Å². The van der Waals surface area contributed by atoms with Crippen LogP contribution in [0.5, 0.6) is 0 Å². The molecule has 0 bridgehead atoms. The van der Waals surface area contributed by atoms with E-state index in [1.807, 2.05) is 42.5 Å². The van der Waals surface area contributed by atoms with Gasteiger partial charge in [-0.05, 0) is 48.2 Å². The van der Waals surface area contributed by atoms with Gasteiger partial charge in [-0.2, -0.15) is 4.68 Å². The summed E-state index contributed by atoms with van der Waals surface area (Å²) in [6.45, 7) is 3.63. The second-order valence-electron chi connectivity index (χ2n) is 6.15. The summed E-state index contributed by atoms with van der Waals surface area (Å²) in [5.74, 6) is -0.00755. The van der Waals surface area contributed by atoms with Crippen LogP contribution in [0.1, 0.15) is 25.7 Å². The summed E-state index contributed by atoms with van der Waals surface area (Å²) in [6.07, 6.45) is 20.8. The van der Waals surface area contributed by atoms with E-state index in [0.717, 1.165) is 12.8 Å². The normalized spacial score (nSPS) is 12.7. The molecule has 1 aromatic heterocycles. The Morgan fingerprint density at radius 1 is 0.897 bits per heavy atom. The highest BCUT2D eigenvalue weighted by atomic mass is 32.2. The number of benzene rings is 1. The van der Waals surface area contributed by atoms with Gasteiger partial charge in [-0.25, -0.2) is 8.42 Å². The Hall–Kier alpha value is -3.06. The summed E-state index contributed by atoms with van der Waals surface area (Å²) in [6, 6.07) is 8.98. The maximum absolute atomic E-state index is 12.6. The molecule has 1 aromatic carbocycles. The first-order valence-corrected chi connectivity index (χ1v) is 11.1. The summed E-state index contributed by atoms with van der Waals surface area (Å²) in [5, 5.41) is 10.9. The molecule has 0 saturated carbocycles. The fraction of sp³-hybridized carbons (Fsp3) is 0.227. The zero-order valence-corrected chi connectivity index (χ0v) is 17.2. The van der Waals surface area contributed by atoms with Gasteiger partial charge in [0.1, 0.15) is 0 Å². The molecule has 0 amide bonds. The van der Waals surface area contributed by atoms with E-state index < -0.39 is 9.84 Å². The lowest BCUT2D eigenvalue weighted by Crippen LogP contribution is -2.14. The largest absolute Gasteiger partial charge is 0.272 e. The molecular weight excluding hydrogens is 384 g/mol. The maximum Gasteiger partial charge on any atom is 0.272 e. The monoisotopic (exact) mass is 410 g/mol. The van der Waals surface area contributed by atoms with E-state index >= 15 is 0 Å². The van der Waals surface area contributed by atoms with Crippen molar-refractivity contribution in [2.75, 3.05) is 5.75 Å². The Balaban J connectivity index is 1.76. The summed E-state index contributed by atoms with van der Waals surface area (Å²) in [7, 11) is -3.56. The van der Waals surface area contributed by atoms with Gasteiger partial charge in [0.05, 0.1) is 11.4 Å². The van der Waals surface area contributed by atoms with E-state index in [1.165, 1.54) is 4.68 Å². The van der Waals surface area contributed by atoms with Gasteiger partial charge in [0.25, 0.3) is 5.16 Å². The molecular formula is C22H26N4O2S. The summed E-state index contributed by atoms with van der Waals surface area (Å²) in [5.41, 5.74) is 0.617. The van der Waals surface area contributed by atoms with E-state index in [9.17, 15) is 8.42 Å². The molecule has 152 valence electrons. The van der Waals surface area contributed by atoms with Crippen LogP contribution in [0.15, 0.2) is 96.8 Å². The van der Waals surface area contributed by atoms with Crippen LogP contribution < -0.4 is 0 Å². The molecule has 0 N–H and O–H groups in total.